The molecular weight excluding hydrogens is 342 g/mol. The van der Waals surface area contributed by atoms with Gasteiger partial charge in [0.1, 0.15) is 0 Å². The Kier molecular flexibility index (Phi) is 4.85. The maximum absolute atomic E-state index is 9.96. The molecule has 0 spiro atoms. The number of rotatable bonds is 6. The third-order valence-corrected chi connectivity index (χ3v) is 4.87. The summed E-state index contributed by atoms with van der Waals surface area (Å²) in [7, 11) is 6.27. The molecule has 6 nitrogen and oxygen atoms in total. The lowest BCUT2D eigenvalue weighted by atomic mass is 10.2. The summed E-state index contributed by atoms with van der Waals surface area (Å²) >= 11 is 1.51. The fourth-order valence-electron chi connectivity index (χ4n) is 2.65. The van der Waals surface area contributed by atoms with Crippen LogP contribution in [0.2, 0.25) is 0 Å². The Balaban J connectivity index is 2.07. The topological polar surface area (TPSA) is 72.9 Å². The molecule has 0 radical (unpaired) electrons. The van der Waals surface area contributed by atoms with Gasteiger partial charge in [-0.1, -0.05) is 11.8 Å². The van der Waals surface area contributed by atoms with Crippen LogP contribution >= 0.6 is 11.8 Å². The van der Waals surface area contributed by atoms with Gasteiger partial charge in [0.05, 0.1) is 34.0 Å². The molecular formula is C18H19NO5S. The molecule has 0 unspecified atom stereocenters. The third-order valence-electron chi connectivity index (χ3n) is 3.82. The second-order valence-corrected chi connectivity index (χ2v) is 6.27. The molecule has 0 fully saturated rings. The predicted molar refractivity (Wildman–Crippen MR) is 96.7 cm³/mol. The van der Waals surface area contributed by atoms with Crippen molar-refractivity contribution in [1.29, 1.82) is 0 Å². The van der Waals surface area contributed by atoms with Crippen LogP contribution in [-0.2, 0) is 0 Å². The summed E-state index contributed by atoms with van der Waals surface area (Å²) < 4.78 is 21.4. The van der Waals surface area contributed by atoms with Gasteiger partial charge >= 0.3 is 0 Å². The molecule has 1 aromatic heterocycles. The van der Waals surface area contributed by atoms with Gasteiger partial charge in [-0.15, -0.1) is 0 Å². The van der Waals surface area contributed by atoms with Gasteiger partial charge in [-0.05, 0) is 24.3 Å². The van der Waals surface area contributed by atoms with Gasteiger partial charge in [0.2, 0.25) is 5.75 Å². The van der Waals surface area contributed by atoms with Crippen LogP contribution in [0.25, 0.3) is 10.9 Å². The maximum atomic E-state index is 9.96. The van der Waals surface area contributed by atoms with Crippen molar-refractivity contribution < 1.29 is 24.1 Å². The molecule has 0 saturated carbocycles. The fraction of sp³-hybridized carbons (Fsp3) is 0.222. The monoisotopic (exact) mass is 361 g/mol. The van der Waals surface area contributed by atoms with Crippen molar-refractivity contribution >= 4 is 22.7 Å². The van der Waals surface area contributed by atoms with Gasteiger partial charge in [0.25, 0.3) is 0 Å². The second kappa shape index (κ2) is 7.06. The van der Waals surface area contributed by atoms with Crippen molar-refractivity contribution in [2.24, 2.45) is 0 Å². The zero-order valence-corrected chi connectivity index (χ0v) is 15.2. The van der Waals surface area contributed by atoms with Crippen LogP contribution in [-0.4, -0.2) is 38.5 Å². The summed E-state index contributed by atoms with van der Waals surface area (Å²) in [5.41, 5.74) is 0.820. The molecule has 0 aliphatic carbocycles. The molecule has 132 valence electrons. The highest BCUT2D eigenvalue weighted by molar-refractivity contribution is 7.99. The van der Waals surface area contributed by atoms with Crippen molar-refractivity contribution in [1.82, 2.24) is 4.98 Å². The highest BCUT2D eigenvalue weighted by Gasteiger charge is 2.19. The Bertz CT molecular complexity index is 906. The van der Waals surface area contributed by atoms with E-state index in [1.165, 1.54) is 18.9 Å². The highest BCUT2D eigenvalue weighted by atomic mass is 32.2. The average molecular weight is 361 g/mol. The quantitative estimate of drug-likeness (QED) is 0.690. The molecule has 0 amide bonds. The minimum absolute atomic E-state index is 0.101. The van der Waals surface area contributed by atoms with E-state index < -0.39 is 0 Å². The number of fused-ring (bicyclic) bond motifs is 1. The third kappa shape index (κ3) is 3.02. The van der Waals surface area contributed by atoms with Crippen molar-refractivity contribution in [2.45, 2.75) is 9.79 Å². The van der Waals surface area contributed by atoms with Crippen LogP contribution in [0.3, 0.4) is 0 Å². The minimum Gasteiger partial charge on any atom is -0.504 e. The first-order valence-corrected chi connectivity index (χ1v) is 8.29. The SMILES string of the molecule is COc1ccc(Sc2c[nH]c3c(OC)c(OC)c(OC)cc23)cc1O. The number of hydrogen-bond donors (Lipinski definition) is 2. The second-order valence-electron chi connectivity index (χ2n) is 5.16. The van der Waals surface area contributed by atoms with Gasteiger partial charge in [-0.25, -0.2) is 0 Å². The van der Waals surface area contributed by atoms with E-state index in [2.05, 4.69) is 4.98 Å². The average Bonchev–Trinajstić information content (AvgIpc) is 3.02. The summed E-state index contributed by atoms with van der Waals surface area (Å²) in [4.78, 5) is 5.08. The molecule has 2 aromatic carbocycles. The Morgan fingerprint density at radius 2 is 1.60 bits per heavy atom. The number of hydrogen-bond acceptors (Lipinski definition) is 6. The zero-order valence-electron chi connectivity index (χ0n) is 14.4. The van der Waals surface area contributed by atoms with E-state index in [9.17, 15) is 5.11 Å². The largest absolute Gasteiger partial charge is 0.504 e. The summed E-state index contributed by atoms with van der Waals surface area (Å²) in [6.45, 7) is 0. The molecule has 0 atom stereocenters. The number of H-pyrrole nitrogens is 1. The lowest BCUT2D eigenvalue weighted by molar-refractivity contribution is 0.327. The number of aromatic nitrogens is 1. The van der Waals surface area contributed by atoms with Crippen molar-refractivity contribution in [3.8, 4) is 28.7 Å². The van der Waals surface area contributed by atoms with E-state index in [1.807, 2.05) is 18.3 Å². The van der Waals surface area contributed by atoms with E-state index in [4.69, 9.17) is 18.9 Å². The number of methoxy groups -OCH3 is 4. The predicted octanol–water partition coefficient (Wildman–Crippen LogP) is 4.06. The first kappa shape index (κ1) is 17.2. The minimum atomic E-state index is 0.101. The van der Waals surface area contributed by atoms with Gasteiger partial charge in [-0.3, -0.25) is 0 Å². The van der Waals surface area contributed by atoms with Crippen LogP contribution < -0.4 is 18.9 Å². The van der Waals surface area contributed by atoms with E-state index in [0.29, 0.717) is 23.0 Å². The van der Waals surface area contributed by atoms with Gasteiger partial charge in [-0.2, -0.15) is 0 Å². The van der Waals surface area contributed by atoms with Crippen molar-refractivity contribution in [3.63, 3.8) is 0 Å². The van der Waals surface area contributed by atoms with Crippen LogP contribution in [0.4, 0.5) is 0 Å². The molecule has 2 N–H and O–H groups in total. The first-order chi connectivity index (χ1) is 12.1. The van der Waals surface area contributed by atoms with Crippen LogP contribution in [0.1, 0.15) is 0 Å². The number of phenolic OH excluding ortho intramolecular Hbond substituents is 1. The van der Waals surface area contributed by atoms with Gasteiger partial charge in [0, 0.05) is 21.4 Å². The zero-order chi connectivity index (χ0) is 18.0. The molecule has 0 bridgehead atoms. The number of benzene rings is 2. The molecule has 25 heavy (non-hydrogen) atoms. The van der Waals surface area contributed by atoms with Gasteiger partial charge < -0.3 is 29.0 Å². The van der Waals surface area contributed by atoms with E-state index in [0.717, 1.165) is 20.7 Å². The van der Waals surface area contributed by atoms with Crippen molar-refractivity contribution in [3.05, 3.63) is 30.5 Å². The molecule has 0 saturated heterocycles. The molecule has 3 rings (SSSR count). The number of aromatic amines is 1. The normalized spacial score (nSPS) is 10.7. The molecule has 3 aromatic rings. The standard InChI is InChI=1S/C18H19NO5S/c1-21-13-6-5-10(7-12(13)20)25-15-9-19-16-11(15)8-14(22-2)17(23-3)18(16)24-4/h5-9,19-20H,1-4H3. The maximum Gasteiger partial charge on any atom is 0.205 e. The smallest absolute Gasteiger partial charge is 0.205 e. The molecule has 0 aliphatic rings. The first-order valence-electron chi connectivity index (χ1n) is 7.47. The Morgan fingerprint density at radius 1 is 0.880 bits per heavy atom. The summed E-state index contributed by atoms with van der Waals surface area (Å²) in [5, 5.41) is 10.9. The number of ether oxygens (including phenoxy) is 4. The summed E-state index contributed by atoms with van der Waals surface area (Å²) in [6.07, 6.45) is 1.89. The summed E-state index contributed by atoms with van der Waals surface area (Å²) in [5.74, 6) is 2.26. The number of nitrogens with one attached hydrogen (secondary N) is 1. The lowest BCUT2D eigenvalue weighted by Crippen LogP contribution is -1.95. The highest BCUT2D eigenvalue weighted by Crippen LogP contribution is 2.46. The van der Waals surface area contributed by atoms with E-state index in [-0.39, 0.29) is 5.75 Å². The Morgan fingerprint density at radius 3 is 2.20 bits per heavy atom. The van der Waals surface area contributed by atoms with Gasteiger partial charge in [0.15, 0.2) is 23.0 Å². The van der Waals surface area contributed by atoms with E-state index in [1.54, 1.807) is 33.5 Å². The molecule has 1 heterocycles. The van der Waals surface area contributed by atoms with Crippen LogP contribution in [0.15, 0.2) is 40.3 Å². The van der Waals surface area contributed by atoms with Crippen LogP contribution in [0.5, 0.6) is 28.7 Å². The van der Waals surface area contributed by atoms with Crippen LogP contribution in [0, 0.1) is 0 Å². The Hall–Kier alpha value is -2.67. The number of aromatic hydroxyl groups is 1. The molecule has 7 heteroatoms. The Labute approximate surface area is 149 Å². The summed E-state index contributed by atoms with van der Waals surface area (Å²) in [6, 6.07) is 7.19. The lowest BCUT2D eigenvalue weighted by Gasteiger charge is -2.13. The fourth-order valence-corrected chi connectivity index (χ4v) is 3.60. The molecule has 0 aliphatic heterocycles. The number of phenols is 1. The van der Waals surface area contributed by atoms with E-state index >= 15 is 0 Å². The van der Waals surface area contributed by atoms with Crippen molar-refractivity contribution in [2.75, 3.05) is 28.4 Å².